The topological polar surface area (TPSA) is 80.5 Å². The zero-order valence-corrected chi connectivity index (χ0v) is 16.2. The lowest BCUT2D eigenvalue weighted by molar-refractivity contribution is 0.0907. The molecule has 142 valence electrons. The first-order valence-electron chi connectivity index (χ1n) is 9.00. The number of carbonyl (C=O) groups is 1. The van der Waals surface area contributed by atoms with E-state index in [1.807, 2.05) is 25.1 Å². The lowest BCUT2D eigenvalue weighted by atomic mass is 10.1. The van der Waals surface area contributed by atoms with Gasteiger partial charge in [0.05, 0.1) is 15.2 Å². The Hall–Kier alpha value is -2.45. The van der Waals surface area contributed by atoms with Crippen molar-refractivity contribution in [3.8, 4) is 5.75 Å². The van der Waals surface area contributed by atoms with Crippen molar-refractivity contribution in [2.75, 3.05) is 20.1 Å². The van der Waals surface area contributed by atoms with Gasteiger partial charge >= 0.3 is 0 Å². The lowest BCUT2D eigenvalue weighted by Gasteiger charge is -2.29. The number of carbonyl (C=O) groups excluding carboxylic acids is 1. The van der Waals surface area contributed by atoms with Gasteiger partial charge < -0.3 is 19.4 Å². The number of nitrogens with one attached hydrogen (secondary N) is 1. The predicted octanol–water partition coefficient (Wildman–Crippen LogP) is 3.00. The first-order valence-corrected chi connectivity index (χ1v) is 9.82. The molecule has 0 spiro atoms. The van der Waals surface area contributed by atoms with E-state index in [1.165, 1.54) is 6.26 Å². The molecule has 0 bridgehead atoms. The third kappa shape index (κ3) is 4.28. The van der Waals surface area contributed by atoms with Crippen molar-refractivity contribution >= 4 is 27.5 Å². The molecule has 7 nitrogen and oxygen atoms in total. The van der Waals surface area contributed by atoms with E-state index in [4.69, 9.17) is 9.15 Å². The Bertz CT molecular complexity index is 951. The molecule has 4 rings (SSSR count). The Morgan fingerprint density at radius 2 is 2.33 bits per heavy atom. The summed E-state index contributed by atoms with van der Waals surface area (Å²) in [6.07, 6.45) is 3.46. The van der Waals surface area contributed by atoms with Crippen LogP contribution >= 0.6 is 11.3 Å². The first-order chi connectivity index (χ1) is 13.1. The Balaban J connectivity index is 1.35. The highest BCUT2D eigenvalue weighted by molar-refractivity contribution is 7.18. The van der Waals surface area contributed by atoms with Crippen LogP contribution in [-0.2, 0) is 6.61 Å². The maximum atomic E-state index is 12.4. The number of hydrogen-bond donors (Lipinski definition) is 1. The SMILES string of the molecule is Cc1nc2cc(OCc3nc(C(=O)NC4CCCN(C)C4)co3)ccc2s1. The van der Waals surface area contributed by atoms with Crippen LogP contribution in [0.3, 0.4) is 0 Å². The maximum Gasteiger partial charge on any atom is 0.273 e. The van der Waals surface area contributed by atoms with Crippen LogP contribution in [0.5, 0.6) is 5.75 Å². The minimum absolute atomic E-state index is 0.154. The number of likely N-dealkylation sites (tertiary alicyclic amines) is 1. The number of thiazole rings is 1. The summed E-state index contributed by atoms with van der Waals surface area (Å²) >= 11 is 1.65. The van der Waals surface area contributed by atoms with E-state index in [0.717, 1.165) is 41.2 Å². The number of ether oxygens (including phenoxy) is 1. The van der Waals surface area contributed by atoms with Gasteiger partial charge in [-0.15, -0.1) is 11.3 Å². The number of aromatic nitrogens is 2. The summed E-state index contributed by atoms with van der Waals surface area (Å²) in [4.78, 5) is 23.3. The number of fused-ring (bicyclic) bond motifs is 1. The van der Waals surface area contributed by atoms with Crippen LogP contribution in [-0.4, -0.2) is 47.0 Å². The van der Waals surface area contributed by atoms with Crippen LogP contribution < -0.4 is 10.1 Å². The molecule has 1 fully saturated rings. The molecule has 1 saturated heterocycles. The molecule has 8 heteroatoms. The second-order valence-corrected chi connectivity index (χ2v) is 8.09. The van der Waals surface area contributed by atoms with Gasteiger partial charge in [0.2, 0.25) is 5.89 Å². The molecule has 0 aliphatic carbocycles. The van der Waals surface area contributed by atoms with E-state index < -0.39 is 0 Å². The summed E-state index contributed by atoms with van der Waals surface area (Å²) in [5.74, 6) is 0.863. The fraction of sp³-hybridized carbons (Fsp3) is 0.421. The molecular weight excluding hydrogens is 364 g/mol. The van der Waals surface area contributed by atoms with E-state index >= 15 is 0 Å². The van der Waals surface area contributed by atoms with E-state index in [-0.39, 0.29) is 24.2 Å². The van der Waals surface area contributed by atoms with Crippen LogP contribution in [0.1, 0.15) is 34.2 Å². The van der Waals surface area contributed by atoms with Crippen molar-refractivity contribution in [2.24, 2.45) is 0 Å². The van der Waals surface area contributed by atoms with E-state index in [2.05, 4.69) is 27.2 Å². The maximum absolute atomic E-state index is 12.4. The van der Waals surface area contributed by atoms with Crippen molar-refractivity contribution < 1.29 is 13.9 Å². The minimum atomic E-state index is -0.204. The molecule has 0 saturated carbocycles. The molecule has 1 aliphatic heterocycles. The number of benzene rings is 1. The molecule has 1 N–H and O–H groups in total. The van der Waals surface area contributed by atoms with Crippen molar-refractivity contribution in [3.63, 3.8) is 0 Å². The molecule has 1 atom stereocenters. The summed E-state index contributed by atoms with van der Waals surface area (Å²) in [6.45, 7) is 4.08. The Labute approximate surface area is 161 Å². The van der Waals surface area contributed by atoms with Gasteiger partial charge in [0, 0.05) is 18.7 Å². The fourth-order valence-corrected chi connectivity index (χ4v) is 4.09. The largest absolute Gasteiger partial charge is 0.484 e. The summed E-state index contributed by atoms with van der Waals surface area (Å²) in [6, 6.07) is 5.94. The van der Waals surface area contributed by atoms with Gasteiger partial charge in [-0.2, -0.15) is 0 Å². The highest BCUT2D eigenvalue weighted by Gasteiger charge is 2.21. The van der Waals surface area contributed by atoms with Crippen molar-refractivity contribution in [3.05, 3.63) is 41.1 Å². The lowest BCUT2D eigenvalue weighted by Crippen LogP contribution is -2.46. The molecule has 3 heterocycles. The monoisotopic (exact) mass is 386 g/mol. The molecule has 1 unspecified atom stereocenters. The zero-order chi connectivity index (χ0) is 18.8. The zero-order valence-electron chi connectivity index (χ0n) is 15.4. The Morgan fingerprint density at radius 3 is 3.19 bits per heavy atom. The van der Waals surface area contributed by atoms with Crippen LogP contribution in [0.2, 0.25) is 0 Å². The Morgan fingerprint density at radius 1 is 1.44 bits per heavy atom. The van der Waals surface area contributed by atoms with Crippen molar-refractivity contribution in [1.82, 2.24) is 20.2 Å². The van der Waals surface area contributed by atoms with Crippen LogP contribution in [0.15, 0.2) is 28.9 Å². The summed E-state index contributed by atoms with van der Waals surface area (Å²) in [7, 11) is 2.06. The summed E-state index contributed by atoms with van der Waals surface area (Å²) in [5.41, 5.74) is 1.20. The number of likely N-dealkylation sites (N-methyl/N-ethyl adjacent to an activating group) is 1. The van der Waals surface area contributed by atoms with Gasteiger partial charge in [-0.1, -0.05) is 0 Å². The molecular formula is C19H22N4O3S. The highest BCUT2D eigenvalue weighted by Crippen LogP contribution is 2.26. The van der Waals surface area contributed by atoms with Gasteiger partial charge in [-0.25, -0.2) is 9.97 Å². The van der Waals surface area contributed by atoms with Gasteiger partial charge in [-0.3, -0.25) is 4.79 Å². The average Bonchev–Trinajstić information content (AvgIpc) is 3.25. The second kappa shape index (κ2) is 7.66. The number of nitrogens with zero attached hydrogens (tertiary/aromatic N) is 3. The quantitative estimate of drug-likeness (QED) is 0.726. The van der Waals surface area contributed by atoms with Gasteiger partial charge in [0.25, 0.3) is 5.91 Å². The standard InChI is InChI=1S/C19H22N4O3S/c1-12-20-15-8-14(5-6-17(15)27-12)25-11-18-22-16(10-26-18)19(24)21-13-4-3-7-23(2)9-13/h5-6,8,10,13H,3-4,7,9,11H2,1-2H3,(H,21,24). The van der Waals surface area contributed by atoms with Crippen LogP contribution in [0.25, 0.3) is 10.2 Å². The molecule has 3 aromatic rings. The van der Waals surface area contributed by atoms with Crippen molar-refractivity contribution in [1.29, 1.82) is 0 Å². The normalized spacial score (nSPS) is 17.9. The van der Waals surface area contributed by atoms with E-state index in [1.54, 1.807) is 11.3 Å². The highest BCUT2D eigenvalue weighted by atomic mass is 32.1. The van der Waals surface area contributed by atoms with Gasteiger partial charge in [0.15, 0.2) is 12.3 Å². The molecule has 1 aliphatic rings. The summed E-state index contributed by atoms with van der Waals surface area (Å²) < 4.78 is 12.3. The fourth-order valence-electron chi connectivity index (χ4n) is 3.28. The number of piperidine rings is 1. The van der Waals surface area contributed by atoms with Gasteiger partial charge in [-0.05, 0) is 45.5 Å². The van der Waals surface area contributed by atoms with Gasteiger partial charge in [0.1, 0.15) is 12.0 Å². The second-order valence-electron chi connectivity index (χ2n) is 6.85. The number of amides is 1. The van der Waals surface area contributed by atoms with Crippen LogP contribution in [0, 0.1) is 6.92 Å². The van der Waals surface area contributed by atoms with Crippen molar-refractivity contribution in [2.45, 2.75) is 32.4 Å². The third-order valence-corrected chi connectivity index (χ3v) is 5.52. The minimum Gasteiger partial charge on any atom is -0.484 e. The van der Waals surface area contributed by atoms with E-state index in [9.17, 15) is 4.79 Å². The smallest absolute Gasteiger partial charge is 0.273 e. The predicted molar refractivity (Wildman–Crippen MR) is 103 cm³/mol. The molecule has 27 heavy (non-hydrogen) atoms. The summed E-state index contributed by atoms with van der Waals surface area (Å²) in [5, 5.41) is 4.05. The molecule has 0 radical (unpaired) electrons. The molecule has 1 aromatic carbocycles. The van der Waals surface area contributed by atoms with Crippen LogP contribution in [0.4, 0.5) is 0 Å². The van der Waals surface area contributed by atoms with E-state index in [0.29, 0.717) is 11.6 Å². The first kappa shape index (κ1) is 17.9. The average molecular weight is 386 g/mol. The number of rotatable bonds is 5. The number of aryl methyl sites for hydroxylation is 1. The third-order valence-electron chi connectivity index (χ3n) is 4.57. The molecule has 1 amide bonds. The number of hydrogen-bond acceptors (Lipinski definition) is 7. The molecule has 2 aromatic heterocycles. The Kier molecular flexibility index (Phi) is 5.09. The number of oxazole rings is 1.